The van der Waals surface area contributed by atoms with Crippen molar-refractivity contribution in [3.05, 3.63) is 23.2 Å². The second-order valence-corrected chi connectivity index (χ2v) is 9.09. The molecule has 2 aliphatic rings. The molecule has 7 nitrogen and oxygen atoms in total. The second kappa shape index (κ2) is 8.83. The van der Waals surface area contributed by atoms with Gasteiger partial charge in [0, 0.05) is 24.8 Å². The number of carbonyl (C=O) groups excluding carboxylic acids is 1. The molecule has 1 aliphatic carbocycles. The molecule has 9 heteroatoms. The molecule has 1 saturated heterocycles. The van der Waals surface area contributed by atoms with Gasteiger partial charge in [-0.3, -0.25) is 9.36 Å². The SMILES string of the molecule is COc1ccc(NC(=O)CSc2nnc(N3CCC(C)CC3)n2C2CC2)cc1Cl. The molecule has 1 saturated carbocycles. The van der Waals surface area contributed by atoms with Crippen LogP contribution < -0.4 is 15.0 Å². The van der Waals surface area contributed by atoms with Crippen LogP contribution in [-0.4, -0.2) is 46.6 Å². The summed E-state index contributed by atoms with van der Waals surface area (Å²) in [6.45, 7) is 4.35. The minimum atomic E-state index is -0.102. The van der Waals surface area contributed by atoms with Crippen molar-refractivity contribution in [3.8, 4) is 5.75 Å². The van der Waals surface area contributed by atoms with E-state index in [0.717, 1.165) is 43.0 Å². The molecule has 0 spiro atoms. The number of nitrogens with one attached hydrogen (secondary N) is 1. The van der Waals surface area contributed by atoms with Gasteiger partial charge in [0.1, 0.15) is 5.75 Å². The molecule has 0 atom stereocenters. The number of carbonyl (C=O) groups is 1. The molecule has 1 N–H and O–H groups in total. The van der Waals surface area contributed by atoms with Crippen LogP contribution in [0.1, 0.15) is 38.6 Å². The first-order valence-corrected chi connectivity index (χ1v) is 11.4. The zero-order valence-corrected chi connectivity index (χ0v) is 18.3. The molecule has 1 aromatic heterocycles. The van der Waals surface area contributed by atoms with Gasteiger partial charge < -0.3 is 15.0 Å². The molecule has 2 aromatic rings. The molecule has 0 bridgehead atoms. The summed E-state index contributed by atoms with van der Waals surface area (Å²) < 4.78 is 7.37. The maximum Gasteiger partial charge on any atom is 0.234 e. The number of thioether (sulfide) groups is 1. The molecule has 156 valence electrons. The third kappa shape index (κ3) is 4.80. The van der Waals surface area contributed by atoms with Crippen molar-refractivity contribution in [1.82, 2.24) is 14.8 Å². The number of amides is 1. The van der Waals surface area contributed by atoms with Crippen LogP contribution in [0.15, 0.2) is 23.4 Å². The van der Waals surface area contributed by atoms with Crippen molar-refractivity contribution in [2.45, 2.75) is 43.8 Å². The van der Waals surface area contributed by atoms with Gasteiger partial charge in [-0.25, -0.2) is 0 Å². The Morgan fingerprint density at radius 3 is 2.69 bits per heavy atom. The third-order valence-electron chi connectivity index (χ3n) is 5.39. The van der Waals surface area contributed by atoms with E-state index >= 15 is 0 Å². The molecule has 2 heterocycles. The number of nitrogens with zero attached hydrogens (tertiary/aromatic N) is 4. The van der Waals surface area contributed by atoms with Crippen LogP contribution in [0.4, 0.5) is 11.6 Å². The van der Waals surface area contributed by atoms with Crippen LogP contribution in [0.3, 0.4) is 0 Å². The van der Waals surface area contributed by atoms with E-state index in [-0.39, 0.29) is 11.7 Å². The van der Waals surface area contributed by atoms with Crippen LogP contribution in [0.25, 0.3) is 0 Å². The van der Waals surface area contributed by atoms with Gasteiger partial charge in [-0.1, -0.05) is 30.3 Å². The van der Waals surface area contributed by atoms with E-state index in [2.05, 4.69) is 31.9 Å². The quantitative estimate of drug-likeness (QED) is 0.655. The fourth-order valence-corrected chi connectivity index (χ4v) is 4.57. The lowest BCUT2D eigenvalue weighted by molar-refractivity contribution is -0.113. The summed E-state index contributed by atoms with van der Waals surface area (Å²) in [5.74, 6) is 2.48. The number of hydrogen-bond acceptors (Lipinski definition) is 6. The fraction of sp³-hybridized carbons (Fsp3) is 0.550. The summed E-state index contributed by atoms with van der Waals surface area (Å²) in [6, 6.07) is 5.66. The van der Waals surface area contributed by atoms with Crippen LogP contribution in [0, 0.1) is 5.92 Å². The van der Waals surface area contributed by atoms with Crippen molar-refractivity contribution < 1.29 is 9.53 Å². The second-order valence-electron chi connectivity index (χ2n) is 7.74. The number of anilines is 2. The van der Waals surface area contributed by atoms with E-state index in [1.807, 2.05) is 0 Å². The maximum atomic E-state index is 12.4. The zero-order chi connectivity index (χ0) is 20.4. The van der Waals surface area contributed by atoms with Gasteiger partial charge >= 0.3 is 0 Å². The topological polar surface area (TPSA) is 72.3 Å². The number of ether oxygens (including phenoxy) is 1. The number of hydrogen-bond donors (Lipinski definition) is 1. The lowest BCUT2D eigenvalue weighted by atomic mass is 10.00. The van der Waals surface area contributed by atoms with Crippen LogP contribution in [0.5, 0.6) is 5.75 Å². The lowest BCUT2D eigenvalue weighted by Gasteiger charge is -2.31. The van der Waals surface area contributed by atoms with Crippen molar-refractivity contribution in [3.63, 3.8) is 0 Å². The van der Waals surface area contributed by atoms with E-state index in [1.165, 1.54) is 24.6 Å². The van der Waals surface area contributed by atoms with E-state index in [0.29, 0.717) is 22.5 Å². The van der Waals surface area contributed by atoms with E-state index in [4.69, 9.17) is 16.3 Å². The van der Waals surface area contributed by atoms with Crippen molar-refractivity contribution >= 4 is 40.9 Å². The standard InChI is InChI=1S/C20H26ClN5O2S/c1-13-7-9-25(10-8-13)19-23-24-20(26(19)15-4-5-15)29-12-18(27)22-14-3-6-17(28-2)16(21)11-14/h3,6,11,13,15H,4-5,7-10,12H2,1-2H3,(H,22,27). The predicted octanol–water partition coefficient (Wildman–Crippen LogP) is 4.24. The van der Waals surface area contributed by atoms with E-state index in [9.17, 15) is 4.79 Å². The maximum absolute atomic E-state index is 12.4. The first kappa shape index (κ1) is 20.3. The Morgan fingerprint density at radius 1 is 1.28 bits per heavy atom. The minimum Gasteiger partial charge on any atom is -0.495 e. The van der Waals surface area contributed by atoms with Crippen LogP contribution >= 0.6 is 23.4 Å². The van der Waals surface area contributed by atoms with Gasteiger partial charge in [0.2, 0.25) is 11.9 Å². The zero-order valence-electron chi connectivity index (χ0n) is 16.7. The summed E-state index contributed by atoms with van der Waals surface area (Å²) in [6.07, 6.45) is 4.68. The average molecular weight is 436 g/mol. The summed E-state index contributed by atoms with van der Waals surface area (Å²) in [5, 5.41) is 13.0. The number of aromatic nitrogens is 3. The third-order valence-corrected chi connectivity index (χ3v) is 6.63. The Bertz CT molecular complexity index is 878. The Labute approximate surface area is 180 Å². The number of benzene rings is 1. The van der Waals surface area contributed by atoms with Gasteiger partial charge in [-0.05, 0) is 49.8 Å². The molecule has 1 aliphatic heterocycles. The van der Waals surface area contributed by atoms with Crippen molar-refractivity contribution in [2.75, 3.05) is 36.2 Å². The van der Waals surface area contributed by atoms with Gasteiger partial charge in [0.05, 0.1) is 17.9 Å². The molecule has 29 heavy (non-hydrogen) atoms. The molecule has 0 unspecified atom stereocenters. The van der Waals surface area contributed by atoms with Gasteiger partial charge in [0.15, 0.2) is 5.16 Å². The summed E-state index contributed by atoms with van der Waals surface area (Å²) in [7, 11) is 1.56. The number of rotatable bonds is 7. The highest BCUT2D eigenvalue weighted by Crippen LogP contribution is 2.41. The number of piperidine rings is 1. The van der Waals surface area contributed by atoms with Gasteiger partial charge in [-0.2, -0.15) is 0 Å². The highest BCUT2D eigenvalue weighted by molar-refractivity contribution is 7.99. The number of halogens is 1. The molecule has 2 fully saturated rings. The summed E-state index contributed by atoms with van der Waals surface area (Å²) in [5.41, 5.74) is 0.646. The van der Waals surface area contributed by atoms with Crippen LogP contribution in [-0.2, 0) is 4.79 Å². The molecular formula is C20H26ClN5O2S. The predicted molar refractivity (Wildman–Crippen MR) is 116 cm³/mol. The lowest BCUT2D eigenvalue weighted by Crippen LogP contribution is -2.34. The summed E-state index contributed by atoms with van der Waals surface area (Å²) >= 11 is 7.56. The molecule has 0 radical (unpaired) electrons. The van der Waals surface area contributed by atoms with Crippen molar-refractivity contribution in [2.24, 2.45) is 5.92 Å². The number of methoxy groups -OCH3 is 1. The smallest absolute Gasteiger partial charge is 0.234 e. The van der Waals surface area contributed by atoms with Crippen LogP contribution in [0.2, 0.25) is 5.02 Å². The highest BCUT2D eigenvalue weighted by atomic mass is 35.5. The molecule has 1 amide bonds. The average Bonchev–Trinajstić information content (AvgIpc) is 3.46. The molecule has 4 rings (SSSR count). The van der Waals surface area contributed by atoms with Gasteiger partial charge in [0.25, 0.3) is 0 Å². The Morgan fingerprint density at radius 2 is 2.03 bits per heavy atom. The largest absolute Gasteiger partial charge is 0.495 e. The fourth-order valence-electron chi connectivity index (χ4n) is 3.52. The monoisotopic (exact) mass is 435 g/mol. The Kier molecular flexibility index (Phi) is 6.20. The molecule has 1 aromatic carbocycles. The Hall–Kier alpha value is -1.93. The Balaban J connectivity index is 1.39. The van der Waals surface area contributed by atoms with Crippen molar-refractivity contribution in [1.29, 1.82) is 0 Å². The van der Waals surface area contributed by atoms with Gasteiger partial charge in [-0.15, -0.1) is 10.2 Å². The minimum absolute atomic E-state index is 0.102. The van der Waals surface area contributed by atoms with E-state index in [1.54, 1.807) is 25.3 Å². The first-order valence-electron chi connectivity index (χ1n) is 10.0. The van der Waals surface area contributed by atoms with E-state index < -0.39 is 0 Å². The first-order chi connectivity index (χ1) is 14.0. The highest BCUT2D eigenvalue weighted by Gasteiger charge is 2.32. The summed E-state index contributed by atoms with van der Waals surface area (Å²) in [4.78, 5) is 14.8. The normalized spacial score (nSPS) is 17.4. The molecular weight excluding hydrogens is 410 g/mol.